The molecule has 0 aromatic heterocycles. The van der Waals surface area contributed by atoms with Crippen molar-refractivity contribution in [2.75, 3.05) is 13.7 Å². The van der Waals surface area contributed by atoms with Gasteiger partial charge >= 0.3 is 0 Å². The van der Waals surface area contributed by atoms with E-state index in [1.54, 1.807) is 7.11 Å². The van der Waals surface area contributed by atoms with Gasteiger partial charge in [0.2, 0.25) is 5.91 Å². The molecule has 0 radical (unpaired) electrons. The number of hydrogen-bond donors (Lipinski definition) is 2. The van der Waals surface area contributed by atoms with E-state index in [2.05, 4.69) is 5.32 Å². The number of nitrogens with one attached hydrogen (secondary N) is 1. The zero-order valence-electron chi connectivity index (χ0n) is 13.7. The fourth-order valence-corrected chi connectivity index (χ4v) is 2.65. The van der Waals surface area contributed by atoms with E-state index in [9.17, 15) is 4.79 Å². The number of rotatable bonds is 8. The number of nitrogens with two attached hydrogens (primary N) is 1. The van der Waals surface area contributed by atoms with Gasteiger partial charge in [0, 0.05) is 24.6 Å². The Morgan fingerprint density at radius 1 is 1.35 bits per heavy atom. The Balaban J connectivity index is 0.00000264. The zero-order chi connectivity index (χ0) is 15.8. The highest BCUT2D eigenvalue weighted by Gasteiger charge is 2.18. The van der Waals surface area contributed by atoms with E-state index in [-0.39, 0.29) is 24.4 Å². The van der Waals surface area contributed by atoms with Gasteiger partial charge in [0.1, 0.15) is 11.5 Å². The summed E-state index contributed by atoms with van der Waals surface area (Å²) in [5.74, 6) is 1.60. The van der Waals surface area contributed by atoms with Gasteiger partial charge in [-0.1, -0.05) is 0 Å². The van der Waals surface area contributed by atoms with Gasteiger partial charge in [-0.05, 0) is 50.8 Å². The molecular formula is C17H27ClN2O3. The quantitative estimate of drug-likeness (QED) is 0.762. The monoisotopic (exact) mass is 342 g/mol. The third-order valence-corrected chi connectivity index (χ3v) is 3.95. The minimum Gasteiger partial charge on any atom is -0.497 e. The van der Waals surface area contributed by atoms with Gasteiger partial charge in [-0.25, -0.2) is 0 Å². The normalized spacial score (nSPS) is 14.2. The lowest BCUT2D eigenvalue weighted by Crippen LogP contribution is -2.24. The summed E-state index contributed by atoms with van der Waals surface area (Å²) in [5.41, 5.74) is 6.40. The molecule has 5 nitrogen and oxygen atoms in total. The molecule has 1 aromatic carbocycles. The van der Waals surface area contributed by atoms with E-state index in [1.807, 2.05) is 18.2 Å². The second kappa shape index (κ2) is 10.3. The first-order valence-electron chi connectivity index (χ1n) is 8.03. The molecule has 6 heteroatoms. The van der Waals surface area contributed by atoms with Crippen LogP contribution >= 0.6 is 12.4 Å². The van der Waals surface area contributed by atoms with Crippen molar-refractivity contribution in [2.45, 2.75) is 51.2 Å². The number of carbonyl (C=O) groups excluding carboxylic acids is 1. The summed E-state index contributed by atoms with van der Waals surface area (Å²) in [5, 5.41) is 2.92. The molecule has 0 atom stereocenters. The minimum absolute atomic E-state index is 0. The lowest BCUT2D eigenvalue weighted by molar-refractivity contribution is -0.121. The number of methoxy groups -OCH3 is 1. The molecule has 0 heterocycles. The number of ether oxygens (including phenoxy) is 2. The van der Waals surface area contributed by atoms with Crippen molar-refractivity contribution in [3.8, 4) is 11.5 Å². The number of benzene rings is 1. The van der Waals surface area contributed by atoms with Gasteiger partial charge in [-0.3, -0.25) is 4.79 Å². The topological polar surface area (TPSA) is 73.6 Å². The fourth-order valence-electron chi connectivity index (χ4n) is 2.65. The molecule has 0 unspecified atom stereocenters. The maximum atomic E-state index is 11.7. The molecule has 0 aliphatic heterocycles. The standard InChI is InChI=1S/C17H26N2O3.ClH/c1-21-15-9-8-13(12-19-17(20)7-4-10-18)16(11-15)22-14-5-2-3-6-14;/h8-9,11,14H,2-7,10,12,18H2,1H3,(H,19,20);1H. The van der Waals surface area contributed by atoms with Crippen LogP contribution in [0.3, 0.4) is 0 Å². The minimum atomic E-state index is 0. The van der Waals surface area contributed by atoms with Crippen LogP contribution in [-0.2, 0) is 11.3 Å². The van der Waals surface area contributed by atoms with Crippen molar-refractivity contribution in [1.82, 2.24) is 5.32 Å². The number of halogens is 1. The Morgan fingerprint density at radius 3 is 2.74 bits per heavy atom. The smallest absolute Gasteiger partial charge is 0.220 e. The van der Waals surface area contributed by atoms with Crippen LogP contribution in [0.5, 0.6) is 11.5 Å². The average molecular weight is 343 g/mol. The van der Waals surface area contributed by atoms with E-state index in [0.29, 0.717) is 25.9 Å². The van der Waals surface area contributed by atoms with Crippen molar-refractivity contribution in [3.05, 3.63) is 23.8 Å². The van der Waals surface area contributed by atoms with Crippen LogP contribution in [0.15, 0.2) is 18.2 Å². The van der Waals surface area contributed by atoms with Crippen molar-refractivity contribution in [1.29, 1.82) is 0 Å². The molecular weight excluding hydrogens is 316 g/mol. The third-order valence-electron chi connectivity index (χ3n) is 3.95. The van der Waals surface area contributed by atoms with Gasteiger partial charge in [0.25, 0.3) is 0 Å². The van der Waals surface area contributed by atoms with Crippen LogP contribution in [0, 0.1) is 0 Å². The van der Waals surface area contributed by atoms with Gasteiger partial charge in [-0.15, -0.1) is 12.4 Å². The van der Waals surface area contributed by atoms with E-state index >= 15 is 0 Å². The summed E-state index contributed by atoms with van der Waals surface area (Å²) in [6.07, 6.45) is 6.09. The molecule has 23 heavy (non-hydrogen) atoms. The zero-order valence-corrected chi connectivity index (χ0v) is 14.5. The Hall–Kier alpha value is -1.46. The molecule has 1 aliphatic carbocycles. The number of amides is 1. The van der Waals surface area contributed by atoms with E-state index in [0.717, 1.165) is 29.9 Å². The first-order chi connectivity index (χ1) is 10.7. The maximum absolute atomic E-state index is 11.7. The van der Waals surface area contributed by atoms with Crippen molar-refractivity contribution in [3.63, 3.8) is 0 Å². The van der Waals surface area contributed by atoms with Crippen molar-refractivity contribution in [2.24, 2.45) is 5.73 Å². The van der Waals surface area contributed by atoms with Crippen LogP contribution < -0.4 is 20.5 Å². The fraction of sp³-hybridized carbons (Fsp3) is 0.588. The van der Waals surface area contributed by atoms with Gasteiger partial charge < -0.3 is 20.5 Å². The molecule has 2 rings (SSSR count). The first-order valence-corrected chi connectivity index (χ1v) is 8.03. The molecule has 0 bridgehead atoms. The van der Waals surface area contributed by atoms with Crippen LogP contribution in [0.1, 0.15) is 44.1 Å². The second-order valence-corrected chi connectivity index (χ2v) is 5.67. The lowest BCUT2D eigenvalue weighted by Gasteiger charge is -2.18. The van der Waals surface area contributed by atoms with Crippen molar-refractivity contribution >= 4 is 18.3 Å². The van der Waals surface area contributed by atoms with E-state index in [1.165, 1.54) is 12.8 Å². The van der Waals surface area contributed by atoms with Gasteiger partial charge in [0.05, 0.1) is 13.2 Å². The Labute approximate surface area is 144 Å². The Morgan fingerprint density at radius 2 is 2.09 bits per heavy atom. The first kappa shape index (κ1) is 19.6. The molecule has 0 spiro atoms. The lowest BCUT2D eigenvalue weighted by atomic mass is 10.1. The molecule has 130 valence electrons. The highest BCUT2D eigenvalue weighted by Crippen LogP contribution is 2.29. The second-order valence-electron chi connectivity index (χ2n) is 5.67. The third kappa shape index (κ3) is 6.28. The van der Waals surface area contributed by atoms with Crippen LogP contribution in [0.2, 0.25) is 0 Å². The van der Waals surface area contributed by atoms with Crippen LogP contribution in [0.4, 0.5) is 0 Å². The molecule has 1 aliphatic rings. The SMILES string of the molecule is COc1ccc(CNC(=O)CCCN)c(OC2CCCC2)c1.Cl. The number of hydrogen-bond acceptors (Lipinski definition) is 4. The molecule has 1 aromatic rings. The Bertz CT molecular complexity index is 491. The summed E-state index contributed by atoms with van der Waals surface area (Å²) in [7, 11) is 1.64. The molecule has 1 amide bonds. The summed E-state index contributed by atoms with van der Waals surface area (Å²) >= 11 is 0. The summed E-state index contributed by atoms with van der Waals surface area (Å²) in [4.78, 5) is 11.7. The van der Waals surface area contributed by atoms with Crippen LogP contribution in [0.25, 0.3) is 0 Å². The maximum Gasteiger partial charge on any atom is 0.220 e. The molecule has 1 saturated carbocycles. The Kier molecular flexibility index (Phi) is 8.81. The molecule has 0 saturated heterocycles. The predicted octanol–water partition coefficient (Wildman–Crippen LogP) is 2.79. The van der Waals surface area contributed by atoms with Crippen LogP contribution in [-0.4, -0.2) is 25.7 Å². The molecule has 3 N–H and O–H groups in total. The van der Waals surface area contributed by atoms with E-state index < -0.39 is 0 Å². The summed E-state index contributed by atoms with van der Waals surface area (Å²) < 4.78 is 11.4. The average Bonchev–Trinajstić information content (AvgIpc) is 3.04. The summed E-state index contributed by atoms with van der Waals surface area (Å²) in [6, 6.07) is 5.74. The predicted molar refractivity (Wildman–Crippen MR) is 93.3 cm³/mol. The highest BCUT2D eigenvalue weighted by atomic mass is 35.5. The molecule has 1 fully saturated rings. The largest absolute Gasteiger partial charge is 0.497 e. The van der Waals surface area contributed by atoms with Gasteiger partial charge in [0.15, 0.2) is 0 Å². The number of carbonyl (C=O) groups is 1. The van der Waals surface area contributed by atoms with Gasteiger partial charge in [-0.2, -0.15) is 0 Å². The van der Waals surface area contributed by atoms with Crippen molar-refractivity contribution < 1.29 is 14.3 Å². The highest BCUT2D eigenvalue weighted by molar-refractivity contribution is 5.85. The van der Waals surface area contributed by atoms with E-state index in [4.69, 9.17) is 15.2 Å². The summed E-state index contributed by atoms with van der Waals surface area (Å²) in [6.45, 7) is 1.00.